The number of hydrogen-bond acceptors (Lipinski definition) is 9. The molecule has 6 rings (SSSR count). The Balaban J connectivity index is 0.000000200. The summed E-state index contributed by atoms with van der Waals surface area (Å²) < 4.78 is 77.8. The fraction of sp³-hybridized carbons (Fsp3) is 0.250. The number of ether oxygens (including phenoxy) is 2. The lowest BCUT2D eigenvalue weighted by molar-refractivity contribution is -0.167. The SMILES string of the molecule is O=C(Cc1ccccc1NC(=O)C(F)(F)F)NCCc1ccc2c(c1)OCO2.OC(Cn1cncn1)(Cn1cncn1)c1ccc(F)cc1F. The number of hydrogen-bond donors (Lipinski definition) is 3. The van der Waals surface area contributed by atoms with Crippen LogP contribution in [0.4, 0.5) is 27.6 Å². The van der Waals surface area contributed by atoms with Crippen molar-refractivity contribution in [3.05, 3.63) is 114 Å². The minimum atomic E-state index is -5.00. The normalized spacial score (nSPS) is 12.2. The van der Waals surface area contributed by atoms with Crippen LogP contribution < -0.4 is 20.1 Å². The molecular formula is C32H29F5N8O5. The van der Waals surface area contributed by atoms with Crippen LogP contribution in [0, 0.1) is 11.6 Å². The van der Waals surface area contributed by atoms with Gasteiger partial charge in [-0.1, -0.05) is 30.3 Å². The molecule has 18 heteroatoms. The lowest BCUT2D eigenvalue weighted by Crippen LogP contribution is -2.37. The minimum absolute atomic E-state index is 0.0456. The van der Waals surface area contributed by atoms with Crippen molar-refractivity contribution in [3.63, 3.8) is 0 Å². The van der Waals surface area contributed by atoms with Crippen molar-refractivity contribution in [2.24, 2.45) is 0 Å². The van der Waals surface area contributed by atoms with Crippen LogP contribution in [0.1, 0.15) is 16.7 Å². The van der Waals surface area contributed by atoms with Crippen LogP contribution in [-0.2, 0) is 41.1 Å². The molecule has 0 saturated carbocycles. The average Bonchev–Trinajstić information content (AvgIpc) is 3.86. The van der Waals surface area contributed by atoms with E-state index in [9.17, 15) is 36.6 Å². The van der Waals surface area contributed by atoms with E-state index in [0.29, 0.717) is 30.0 Å². The maximum absolute atomic E-state index is 14.1. The van der Waals surface area contributed by atoms with Crippen LogP contribution in [0.3, 0.4) is 0 Å². The molecular weight excluding hydrogens is 671 g/mol. The van der Waals surface area contributed by atoms with E-state index in [4.69, 9.17) is 9.47 Å². The molecule has 1 aliphatic heterocycles. The molecule has 1 aliphatic rings. The minimum Gasteiger partial charge on any atom is -0.454 e. The van der Waals surface area contributed by atoms with Crippen molar-refractivity contribution >= 4 is 17.5 Å². The Labute approximate surface area is 280 Å². The second kappa shape index (κ2) is 15.5. The van der Waals surface area contributed by atoms with Gasteiger partial charge in [0.15, 0.2) is 11.5 Å². The quantitative estimate of drug-likeness (QED) is 0.175. The van der Waals surface area contributed by atoms with E-state index in [2.05, 4.69) is 25.5 Å². The molecule has 3 N–H and O–H groups in total. The van der Waals surface area contributed by atoms with Crippen molar-refractivity contribution in [2.75, 3.05) is 18.7 Å². The summed E-state index contributed by atoms with van der Waals surface area (Å²) >= 11 is 0. The zero-order valence-electron chi connectivity index (χ0n) is 26.0. The third kappa shape index (κ3) is 9.37. The number of aromatic nitrogens is 6. The predicted octanol–water partition coefficient (Wildman–Crippen LogP) is 3.55. The molecule has 0 fully saturated rings. The Bertz CT molecular complexity index is 1870. The molecule has 0 aliphatic carbocycles. The third-order valence-electron chi connectivity index (χ3n) is 7.26. The highest BCUT2D eigenvalue weighted by Gasteiger charge is 2.39. The Hall–Kier alpha value is -5.91. The molecule has 0 radical (unpaired) electrons. The number of rotatable bonds is 11. The van der Waals surface area contributed by atoms with E-state index in [1.807, 2.05) is 12.1 Å². The van der Waals surface area contributed by atoms with Crippen molar-refractivity contribution < 1.29 is 46.1 Å². The van der Waals surface area contributed by atoms with Gasteiger partial charge >= 0.3 is 12.1 Å². The maximum Gasteiger partial charge on any atom is 0.471 e. The van der Waals surface area contributed by atoms with Gasteiger partial charge in [-0.2, -0.15) is 23.4 Å². The summed E-state index contributed by atoms with van der Waals surface area (Å²) in [6.07, 6.45) is 0.791. The fourth-order valence-corrected chi connectivity index (χ4v) is 4.92. The van der Waals surface area contributed by atoms with Crippen LogP contribution in [0.25, 0.3) is 0 Å². The van der Waals surface area contributed by atoms with Gasteiger partial charge in [0.2, 0.25) is 12.7 Å². The standard InChI is InChI=1S/C19H17F3N2O4.C13H12F2N6O/c20-19(21,22)18(26)24-14-4-2-1-3-13(14)10-17(25)23-8-7-12-5-6-15-16(9-12)28-11-27-15;14-10-1-2-11(12(15)3-10)13(22,4-20-8-16-6-18-20)5-21-9-17-7-19-21/h1-6,9H,7-8,10-11H2,(H,23,25)(H,24,26);1-3,6-9,22H,4-5H2. The van der Waals surface area contributed by atoms with Gasteiger partial charge in [0.1, 0.15) is 42.5 Å². The number of nitrogens with one attached hydrogen (secondary N) is 2. The van der Waals surface area contributed by atoms with Gasteiger partial charge in [0.05, 0.1) is 19.5 Å². The average molecular weight is 701 g/mol. The third-order valence-corrected chi connectivity index (χ3v) is 7.26. The topological polar surface area (TPSA) is 158 Å². The molecule has 0 spiro atoms. The number of aliphatic hydroxyl groups is 1. The number of halogens is 5. The first kappa shape index (κ1) is 35.4. The highest BCUT2D eigenvalue weighted by atomic mass is 19.4. The van der Waals surface area contributed by atoms with E-state index in [1.165, 1.54) is 58.9 Å². The molecule has 50 heavy (non-hydrogen) atoms. The summed E-state index contributed by atoms with van der Waals surface area (Å²) in [6, 6.07) is 14.4. The van der Waals surface area contributed by atoms with Crippen LogP contribution in [-0.4, -0.2) is 66.0 Å². The van der Waals surface area contributed by atoms with E-state index in [-0.39, 0.29) is 43.5 Å². The Morgan fingerprint density at radius 1 is 0.880 bits per heavy atom. The molecule has 13 nitrogen and oxygen atoms in total. The lowest BCUT2D eigenvalue weighted by Gasteiger charge is -2.28. The number of carbonyl (C=O) groups excluding carboxylic acids is 2. The van der Waals surface area contributed by atoms with Crippen molar-refractivity contribution in [3.8, 4) is 11.5 Å². The smallest absolute Gasteiger partial charge is 0.454 e. The van der Waals surface area contributed by atoms with E-state index in [0.717, 1.165) is 17.7 Å². The van der Waals surface area contributed by atoms with Crippen LogP contribution >= 0.6 is 0 Å². The summed E-state index contributed by atoms with van der Waals surface area (Å²) in [5, 5.41) is 23.3. The van der Waals surface area contributed by atoms with Crippen molar-refractivity contribution in [1.29, 1.82) is 0 Å². The van der Waals surface area contributed by atoms with Gasteiger partial charge in [-0.25, -0.2) is 28.1 Å². The Kier molecular flexibility index (Phi) is 11.0. The molecule has 3 heterocycles. The zero-order chi connectivity index (χ0) is 35.7. The summed E-state index contributed by atoms with van der Waals surface area (Å²) in [7, 11) is 0. The number of para-hydroxylation sites is 1. The van der Waals surface area contributed by atoms with E-state index >= 15 is 0 Å². The summed E-state index contributed by atoms with van der Waals surface area (Å²) in [4.78, 5) is 30.8. The van der Waals surface area contributed by atoms with Crippen molar-refractivity contribution in [2.45, 2.75) is 37.7 Å². The zero-order valence-corrected chi connectivity index (χ0v) is 26.0. The Morgan fingerprint density at radius 2 is 1.56 bits per heavy atom. The predicted molar refractivity (Wildman–Crippen MR) is 164 cm³/mol. The second-order valence-corrected chi connectivity index (χ2v) is 10.9. The summed E-state index contributed by atoms with van der Waals surface area (Å²) in [5.41, 5.74) is -0.558. The van der Waals surface area contributed by atoms with Gasteiger partial charge in [0, 0.05) is 23.9 Å². The van der Waals surface area contributed by atoms with E-state index < -0.39 is 29.3 Å². The van der Waals surface area contributed by atoms with Crippen LogP contribution in [0.2, 0.25) is 0 Å². The molecule has 0 unspecified atom stereocenters. The highest BCUT2D eigenvalue weighted by molar-refractivity contribution is 5.96. The maximum atomic E-state index is 14.1. The number of alkyl halides is 3. The first-order valence-electron chi connectivity index (χ1n) is 14.8. The monoisotopic (exact) mass is 700 g/mol. The first-order valence-corrected chi connectivity index (χ1v) is 14.8. The number of nitrogens with zero attached hydrogens (tertiary/aromatic N) is 6. The molecule has 0 saturated heterocycles. The van der Waals surface area contributed by atoms with Crippen LogP contribution in [0.15, 0.2) is 86.0 Å². The van der Waals surface area contributed by atoms with Crippen molar-refractivity contribution in [1.82, 2.24) is 34.8 Å². The Morgan fingerprint density at radius 3 is 2.20 bits per heavy atom. The number of fused-ring (bicyclic) bond motifs is 1. The van der Waals surface area contributed by atoms with E-state index in [1.54, 1.807) is 17.4 Å². The molecule has 2 amide bonds. The first-order chi connectivity index (χ1) is 23.9. The number of carbonyl (C=O) groups is 2. The number of anilines is 1. The fourth-order valence-electron chi connectivity index (χ4n) is 4.92. The van der Waals surface area contributed by atoms with Crippen LogP contribution in [0.5, 0.6) is 11.5 Å². The molecule has 0 atom stereocenters. The van der Waals surface area contributed by atoms with Gasteiger partial charge < -0.3 is 25.2 Å². The summed E-state index contributed by atoms with van der Waals surface area (Å²) in [6.45, 7) is 0.375. The molecule has 0 bridgehead atoms. The number of amides is 2. The van der Waals surface area contributed by atoms with Gasteiger partial charge in [-0.3, -0.25) is 9.59 Å². The highest BCUT2D eigenvalue weighted by Crippen LogP contribution is 2.32. The second-order valence-electron chi connectivity index (χ2n) is 10.9. The largest absolute Gasteiger partial charge is 0.471 e. The molecule has 2 aromatic heterocycles. The molecule has 5 aromatic rings. The number of benzene rings is 3. The molecule has 262 valence electrons. The lowest BCUT2D eigenvalue weighted by atomic mass is 9.93. The summed E-state index contributed by atoms with van der Waals surface area (Å²) in [5.74, 6) is -2.69. The van der Waals surface area contributed by atoms with Gasteiger partial charge in [0.25, 0.3) is 0 Å². The molecule has 3 aromatic carbocycles. The van der Waals surface area contributed by atoms with Gasteiger partial charge in [-0.15, -0.1) is 0 Å². The van der Waals surface area contributed by atoms with Gasteiger partial charge in [-0.05, 0) is 41.8 Å².